The van der Waals surface area contributed by atoms with Crippen LogP contribution in [0.2, 0.25) is 0 Å². The minimum atomic E-state index is 0.706. The van der Waals surface area contributed by atoms with Gasteiger partial charge in [-0.25, -0.2) is 0 Å². The van der Waals surface area contributed by atoms with Gasteiger partial charge in [-0.2, -0.15) is 0 Å². The monoisotopic (exact) mass is 238 g/mol. The predicted molar refractivity (Wildman–Crippen MR) is 74.3 cm³/mol. The Hall–Kier alpha value is -0.0800. The minimum Gasteiger partial charge on any atom is -0.316 e. The lowest BCUT2D eigenvalue weighted by molar-refractivity contribution is -0.0170. The van der Waals surface area contributed by atoms with E-state index < -0.39 is 0 Å². The highest BCUT2D eigenvalue weighted by molar-refractivity contribution is 4.94. The standard InChI is InChI=1S/C15H30N2/c1-3-7-15(8-4-2)12-17(13-15)10-6-14-5-9-16-11-14/h14,16H,3-13H2,1-2H3. The molecule has 0 aliphatic carbocycles. The van der Waals surface area contributed by atoms with E-state index in [0.717, 1.165) is 5.92 Å². The fourth-order valence-electron chi connectivity index (χ4n) is 3.89. The molecule has 0 radical (unpaired) electrons. The third kappa shape index (κ3) is 3.45. The van der Waals surface area contributed by atoms with E-state index in [9.17, 15) is 0 Å². The van der Waals surface area contributed by atoms with Gasteiger partial charge in [-0.3, -0.25) is 0 Å². The van der Waals surface area contributed by atoms with Crippen molar-refractivity contribution in [1.29, 1.82) is 0 Å². The molecule has 0 aromatic rings. The zero-order valence-electron chi connectivity index (χ0n) is 11.8. The average Bonchev–Trinajstić information content (AvgIpc) is 2.76. The Kier molecular flexibility index (Phi) is 4.87. The Bertz CT molecular complexity index is 207. The Morgan fingerprint density at radius 3 is 2.41 bits per heavy atom. The largest absolute Gasteiger partial charge is 0.316 e. The molecule has 1 unspecified atom stereocenters. The van der Waals surface area contributed by atoms with Crippen LogP contribution < -0.4 is 5.32 Å². The van der Waals surface area contributed by atoms with E-state index in [1.807, 2.05) is 0 Å². The molecule has 0 bridgehead atoms. The summed E-state index contributed by atoms with van der Waals surface area (Å²) >= 11 is 0. The van der Waals surface area contributed by atoms with E-state index in [2.05, 4.69) is 24.1 Å². The lowest BCUT2D eigenvalue weighted by Crippen LogP contribution is -2.56. The molecular formula is C15H30N2. The van der Waals surface area contributed by atoms with Crippen LogP contribution in [0.4, 0.5) is 0 Å². The molecule has 2 fully saturated rings. The van der Waals surface area contributed by atoms with E-state index in [1.165, 1.54) is 71.2 Å². The van der Waals surface area contributed by atoms with E-state index in [4.69, 9.17) is 0 Å². The third-order valence-electron chi connectivity index (χ3n) is 4.69. The zero-order chi connectivity index (χ0) is 12.1. The van der Waals surface area contributed by atoms with Crippen molar-refractivity contribution >= 4 is 0 Å². The second kappa shape index (κ2) is 6.19. The Morgan fingerprint density at radius 2 is 1.88 bits per heavy atom. The number of nitrogens with zero attached hydrogens (tertiary/aromatic N) is 1. The molecule has 17 heavy (non-hydrogen) atoms. The first kappa shape index (κ1) is 13.4. The van der Waals surface area contributed by atoms with Gasteiger partial charge < -0.3 is 10.2 Å². The molecule has 0 amide bonds. The van der Waals surface area contributed by atoms with Gasteiger partial charge in [-0.1, -0.05) is 26.7 Å². The minimum absolute atomic E-state index is 0.706. The Labute approximate surface area is 107 Å². The molecule has 0 spiro atoms. The number of hydrogen-bond acceptors (Lipinski definition) is 2. The van der Waals surface area contributed by atoms with Crippen LogP contribution in [0.25, 0.3) is 0 Å². The number of likely N-dealkylation sites (tertiary alicyclic amines) is 1. The summed E-state index contributed by atoms with van der Waals surface area (Å²) in [5, 5.41) is 3.47. The van der Waals surface area contributed by atoms with E-state index >= 15 is 0 Å². The Balaban J connectivity index is 1.65. The molecule has 2 nitrogen and oxygen atoms in total. The van der Waals surface area contributed by atoms with Crippen molar-refractivity contribution in [3.63, 3.8) is 0 Å². The summed E-state index contributed by atoms with van der Waals surface area (Å²) in [4.78, 5) is 2.70. The zero-order valence-corrected chi connectivity index (χ0v) is 11.8. The van der Waals surface area contributed by atoms with Crippen molar-refractivity contribution in [2.75, 3.05) is 32.7 Å². The smallest absolute Gasteiger partial charge is 0.00505 e. The van der Waals surface area contributed by atoms with Gasteiger partial charge in [0.1, 0.15) is 0 Å². The van der Waals surface area contributed by atoms with Gasteiger partial charge in [-0.05, 0) is 56.7 Å². The molecule has 2 heterocycles. The average molecular weight is 238 g/mol. The SMILES string of the molecule is CCCC1(CCC)CN(CCC2CCNC2)C1. The van der Waals surface area contributed by atoms with Gasteiger partial charge in [0.15, 0.2) is 0 Å². The van der Waals surface area contributed by atoms with Crippen molar-refractivity contribution < 1.29 is 0 Å². The molecule has 2 saturated heterocycles. The topological polar surface area (TPSA) is 15.3 Å². The van der Waals surface area contributed by atoms with Crippen molar-refractivity contribution in [3.8, 4) is 0 Å². The molecular weight excluding hydrogens is 208 g/mol. The molecule has 2 heteroatoms. The highest BCUT2D eigenvalue weighted by atomic mass is 15.2. The molecule has 0 aromatic carbocycles. The van der Waals surface area contributed by atoms with Crippen LogP contribution >= 0.6 is 0 Å². The summed E-state index contributed by atoms with van der Waals surface area (Å²) in [6.07, 6.45) is 8.44. The van der Waals surface area contributed by atoms with E-state index in [0.29, 0.717) is 5.41 Å². The van der Waals surface area contributed by atoms with Gasteiger partial charge in [0, 0.05) is 13.1 Å². The van der Waals surface area contributed by atoms with Gasteiger partial charge >= 0.3 is 0 Å². The molecule has 0 aromatic heterocycles. The van der Waals surface area contributed by atoms with Crippen molar-refractivity contribution in [3.05, 3.63) is 0 Å². The summed E-state index contributed by atoms with van der Waals surface area (Å²) in [5.74, 6) is 0.961. The van der Waals surface area contributed by atoms with E-state index in [-0.39, 0.29) is 0 Å². The second-order valence-electron chi connectivity index (χ2n) is 6.36. The molecule has 1 atom stereocenters. The lowest BCUT2D eigenvalue weighted by atomic mass is 9.72. The molecule has 100 valence electrons. The van der Waals surface area contributed by atoms with Crippen molar-refractivity contribution in [1.82, 2.24) is 10.2 Å². The van der Waals surface area contributed by atoms with Crippen molar-refractivity contribution in [2.24, 2.45) is 11.3 Å². The summed E-state index contributed by atoms with van der Waals surface area (Å²) in [6, 6.07) is 0. The van der Waals surface area contributed by atoms with Crippen LogP contribution in [0.15, 0.2) is 0 Å². The summed E-state index contributed by atoms with van der Waals surface area (Å²) in [5.41, 5.74) is 0.706. The number of hydrogen-bond donors (Lipinski definition) is 1. The molecule has 0 saturated carbocycles. The van der Waals surface area contributed by atoms with Gasteiger partial charge in [0.25, 0.3) is 0 Å². The summed E-state index contributed by atoms with van der Waals surface area (Å²) in [6.45, 7) is 11.3. The van der Waals surface area contributed by atoms with Crippen LogP contribution in [-0.2, 0) is 0 Å². The van der Waals surface area contributed by atoms with Gasteiger partial charge in [-0.15, -0.1) is 0 Å². The molecule has 2 rings (SSSR count). The van der Waals surface area contributed by atoms with Gasteiger partial charge in [0.2, 0.25) is 0 Å². The maximum absolute atomic E-state index is 3.47. The molecule has 2 aliphatic heterocycles. The lowest BCUT2D eigenvalue weighted by Gasteiger charge is -2.51. The quantitative estimate of drug-likeness (QED) is 0.733. The number of nitrogens with one attached hydrogen (secondary N) is 1. The molecule has 2 aliphatic rings. The van der Waals surface area contributed by atoms with Crippen LogP contribution in [0, 0.1) is 11.3 Å². The normalized spacial score (nSPS) is 28.2. The summed E-state index contributed by atoms with van der Waals surface area (Å²) in [7, 11) is 0. The maximum Gasteiger partial charge on any atom is 0.00505 e. The van der Waals surface area contributed by atoms with Crippen LogP contribution in [0.1, 0.15) is 52.4 Å². The first-order valence-corrected chi connectivity index (χ1v) is 7.71. The molecule has 1 N–H and O–H groups in total. The first-order valence-electron chi connectivity index (χ1n) is 7.71. The predicted octanol–water partition coefficient (Wildman–Crippen LogP) is 2.89. The second-order valence-corrected chi connectivity index (χ2v) is 6.36. The fraction of sp³-hybridized carbons (Fsp3) is 1.00. The Morgan fingerprint density at radius 1 is 1.18 bits per heavy atom. The van der Waals surface area contributed by atoms with E-state index in [1.54, 1.807) is 0 Å². The van der Waals surface area contributed by atoms with Crippen molar-refractivity contribution in [2.45, 2.75) is 52.4 Å². The first-order chi connectivity index (χ1) is 8.28. The highest BCUT2D eigenvalue weighted by Crippen LogP contribution is 2.39. The number of rotatable bonds is 7. The van der Waals surface area contributed by atoms with Crippen LogP contribution in [-0.4, -0.2) is 37.6 Å². The van der Waals surface area contributed by atoms with Crippen LogP contribution in [0.5, 0.6) is 0 Å². The summed E-state index contributed by atoms with van der Waals surface area (Å²) < 4.78 is 0. The third-order valence-corrected chi connectivity index (χ3v) is 4.69. The highest BCUT2D eigenvalue weighted by Gasteiger charge is 2.40. The van der Waals surface area contributed by atoms with Gasteiger partial charge in [0.05, 0.1) is 0 Å². The fourth-order valence-corrected chi connectivity index (χ4v) is 3.89. The maximum atomic E-state index is 3.47. The van der Waals surface area contributed by atoms with Crippen LogP contribution in [0.3, 0.4) is 0 Å².